The minimum Gasteiger partial charge on any atom is -0.253 e. The van der Waals surface area contributed by atoms with Crippen molar-refractivity contribution in [2.75, 3.05) is 5.43 Å². The molecule has 5 aromatic rings. The normalized spacial score (nSPS) is 11.2. The highest BCUT2D eigenvalue weighted by molar-refractivity contribution is 7.14. The number of rotatable bonds is 6. The zero-order chi connectivity index (χ0) is 21.8. The van der Waals surface area contributed by atoms with E-state index < -0.39 is 0 Å². The number of hydrogen-bond acceptors (Lipinski definition) is 5. The number of thiazole rings is 1. The number of nitrogens with one attached hydrogen (secondary N) is 1. The molecule has 0 fully saturated rings. The van der Waals surface area contributed by atoms with Crippen molar-refractivity contribution in [3.05, 3.63) is 108 Å². The average Bonchev–Trinajstić information content (AvgIpc) is 3.49. The van der Waals surface area contributed by atoms with Crippen molar-refractivity contribution < 1.29 is 0 Å². The van der Waals surface area contributed by atoms with Gasteiger partial charge in [0.15, 0.2) is 0 Å². The van der Waals surface area contributed by atoms with E-state index in [0.29, 0.717) is 0 Å². The van der Waals surface area contributed by atoms with Crippen LogP contribution in [-0.2, 0) is 0 Å². The lowest BCUT2D eigenvalue weighted by atomic mass is 10.1. The van der Waals surface area contributed by atoms with E-state index in [2.05, 4.69) is 46.7 Å². The van der Waals surface area contributed by atoms with Crippen LogP contribution in [0.15, 0.2) is 102 Å². The molecule has 0 aliphatic rings. The van der Waals surface area contributed by atoms with Gasteiger partial charge < -0.3 is 0 Å². The quantitative estimate of drug-likeness (QED) is 0.247. The van der Waals surface area contributed by atoms with Gasteiger partial charge >= 0.3 is 0 Å². The zero-order valence-electron chi connectivity index (χ0n) is 17.5. The third-order valence-electron chi connectivity index (χ3n) is 5.03. The number of aryl methyl sites for hydroxylation is 1. The van der Waals surface area contributed by atoms with E-state index in [1.807, 2.05) is 76.9 Å². The van der Waals surface area contributed by atoms with Gasteiger partial charge in [0.1, 0.15) is 5.69 Å². The van der Waals surface area contributed by atoms with Crippen molar-refractivity contribution in [3.8, 4) is 28.2 Å². The number of nitrogens with zero attached hydrogens (tertiary/aromatic N) is 4. The number of anilines is 1. The summed E-state index contributed by atoms with van der Waals surface area (Å²) in [7, 11) is 0. The molecule has 0 spiro atoms. The third-order valence-corrected chi connectivity index (χ3v) is 5.77. The number of hydrogen-bond donors (Lipinski definition) is 1. The van der Waals surface area contributed by atoms with Crippen molar-refractivity contribution in [2.24, 2.45) is 5.10 Å². The van der Waals surface area contributed by atoms with Crippen LogP contribution >= 0.6 is 11.3 Å². The minimum absolute atomic E-state index is 0.743. The Morgan fingerprint density at radius 2 is 1.59 bits per heavy atom. The Bertz CT molecular complexity index is 1340. The number of aromatic nitrogens is 3. The molecule has 0 amide bonds. The van der Waals surface area contributed by atoms with Crippen molar-refractivity contribution in [1.82, 2.24) is 14.8 Å². The van der Waals surface area contributed by atoms with Gasteiger partial charge in [0.2, 0.25) is 5.13 Å². The van der Waals surface area contributed by atoms with Crippen LogP contribution in [0.2, 0.25) is 0 Å². The number of benzene rings is 3. The van der Waals surface area contributed by atoms with Crippen LogP contribution in [0.3, 0.4) is 0 Å². The van der Waals surface area contributed by atoms with Crippen molar-refractivity contribution in [3.63, 3.8) is 0 Å². The Hall–Kier alpha value is -4.03. The second-order valence-electron chi connectivity index (χ2n) is 7.35. The van der Waals surface area contributed by atoms with Crippen LogP contribution < -0.4 is 5.43 Å². The molecule has 0 saturated heterocycles. The lowest BCUT2D eigenvalue weighted by molar-refractivity contribution is 0.884. The highest BCUT2D eigenvalue weighted by Crippen LogP contribution is 2.25. The second-order valence-corrected chi connectivity index (χ2v) is 8.21. The first-order valence-electron chi connectivity index (χ1n) is 10.3. The molecule has 2 heterocycles. The van der Waals surface area contributed by atoms with E-state index in [1.54, 1.807) is 6.21 Å². The predicted octanol–water partition coefficient (Wildman–Crippen LogP) is 6.42. The molecule has 0 aliphatic carbocycles. The Kier molecular flexibility index (Phi) is 5.59. The molecule has 6 heteroatoms. The molecule has 3 aromatic carbocycles. The summed E-state index contributed by atoms with van der Waals surface area (Å²) >= 11 is 1.53. The zero-order valence-corrected chi connectivity index (χ0v) is 18.3. The summed E-state index contributed by atoms with van der Waals surface area (Å²) in [6, 6.07) is 28.6. The van der Waals surface area contributed by atoms with Crippen LogP contribution in [0, 0.1) is 6.92 Å². The monoisotopic (exact) mass is 435 g/mol. The largest absolute Gasteiger partial charge is 0.253 e. The van der Waals surface area contributed by atoms with Crippen LogP contribution in [-0.4, -0.2) is 21.0 Å². The van der Waals surface area contributed by atoms with E-state index >= 15 is 0 Å². The fourth-order valence-electron chi connectivity index (χ4n) is 3.35. The summed E-state index contributed by atoms with van der Waals surface area (Å²) in [4.78, 5) is 4.63. The fourth-order valence-corrected chi connectivity index (χ4v) is 4.02. The Balaban J connectivity index is 1.42. The molecule has 0 atom stereocenters. The van der Waals surface area contributed by atoms with Crippen molar-refractivity contribution in [1.29, 1.82) is 0 Å². The van der Waals surface area contributed by atoms with Gasteiger partial charge in [-0.3, -0.25) is 5.43 Å². The molecule has 5 nitrogen and oxygen atoms in total. The van der Waals surface area contributed by atoms with E-state index in [9.17, 15) is 0 Å². The van der Waals surface area contributed by atoms with Crippen LogP contribution in [0.5, 0.6) is 0 Å². The number of hydrazone groups is 1. The first kappa shape index (κ1) is 19.9. The van der Waals surface area contributed by atoms with Gasteiger partial charge in [0, 0.05) is 28.3 Å². The summed E-state index contributed by atoms with van der Waals surface area (Å²) in [5, 5.41) is 12.1. The minimum atomic E-state index is 0.743. The molecule has 2 aromatic heterocycles. The van der Waals surface area contributed by atoms with Gasteiger partial charge in [-0.05, 0) is 19.1 Å². The summed E-state index contributed by atoms with van der Waals surface area (Å²) in [6.07, 6.45) is 3.79. The van der Waals surface area contributed by atoms with Crippen LogP contribution in [0.25, 0.3) is 28.2 Å². The maximum atomic E-state index is 4.83. The fraction of sp³-hybridized carbons (Fsp3) is 0.0385. The molecule has 32 heavy (non-hydrogen) atoms. The Morgan fingerprint density at radius 1 is 0.875 bits per heavy atom. The Morgan fingerprint density at radius 3 is 2.34 bits per heavy atom. The van der Waals surface area contributed by atoms with Gasteiger partial charge in [-0.2, -0.15) is 10.2 Å². The summed E-state index contributed by atoms with van der Waals surface area (Å²) < 4.78 is 1.88. The second kappa shape index (κ2) is 8.99. The first-order chi connectivity index (χ1) is 15.8. The van der Waals surface area contributed by atoms with Gasteiger partial charge in [0.25, 0.3) is 0 Å². The highest BCUT2D eigenvalue weighted by Gasteiger charge is 2.11. The molecule has 0 radical (unpaired) electrons. The SMILES string of the molecule is Cc1ccc(-c2nn(-c3ccccc3)cc2C=NNc2nc(-c3ccccc3)cs2)cc1. The lowest BCUT2D eigenvalue weighted by Crippen LogP contribution is -1.93. The van der Waals surface area contributed by atoms with Gasteiger partial charge in [-0.25, -0.2) is 9.67 Å². The molecule has 5 rings (SSSR count). The topological polar surface area (TPSA) is 55.1 Å². The van der Waals surface area contributed by atoms with Gasteiger partial charge in [-0.1, -0.05) is 78.4 Å². The predicted molar refractivity (Wildman–Crippen MR) is 133 cm³/mol. The van der Waals surface area contributed by atoms with E-state index in [4.69, 9.17) is 5.10 Å². The highest BCUT2D eigenvalue weighted by atomic mass is 32.1. The molecule has 0 unspecified atom stereocenters. The molecule has 0 saturated carbocycles. The van der Waals surface area contributed by atoms with Crippen LogP contribution in [0.1, 0.15) is 11.1 Å². The maximum absolute atomic E-state index is 4.83. The summed E-state index contributed by atoms with van der Waals surface area (Å²) in [6.45, 7) is 2.08. The van der Waals surface area contributed by atoms with E-state index in [1.165, 1.54) is 16.9 Å². The third kappa shape index (κ3) is 4.36. The first-order valence-corrected chi connectivity index (χ1v) is 11.2. The molecule has 0 aliphatic heterocycles. The van der Waals surface area contributed by atoms with Crippen molar-refractivity contribution >= 4 is 22.7 Å². The summed E-state index contributed by atoms with van der Waals surface area (Å²) in [5.74, 6) is 0. The van der Waals surface area contributed by atoms with Crippen molar-refractivity contribution in [2.45, 2.75) is 6.92 Å². The summed E-state index contributed by atoms with van der Waals surface area (Å²) in [5.41, 5.74) is 10.1. The average molecular weight is 436 g/mol. The lowest BCUT2D eigenvalue weighted by Gasteiger charge is -2.01. The molecule has 0 bridgehead atoms. The van der Waals surface area contributed by atoms with Crippen LogP contribution in [0.4, 0.5) is 5.13 Å². The maximum Gasteiger partial charge on any atom is 0.203 e. The van der Waals surface area contributed by atoms with E-state index in [-0.39, 0.29) is 0 Å². The van der Waals surface area contributed by atoms with Gasteiger partial charge in [-0.15, -0.1) is 11.3 Å². The molecule has 1 N–H and O–H groups in total. The standard InChI is InChI=1S/C26H21N5S/c1-19-12-14-21(15-13-19)25-22(17-31(30-25)23-10-6-3-7-11-23)16-27-29-26-28-24(18-32-26)20-8-4-2-5-9-20/h2-18H,1H3,(H,28,29). The van der Waals surface area contributed by atoms with E-state index in [0.717, 1.165) is 38.9 Å². The number of para-hydroxylation sites is 1. The molecular weight excluding hydrogens is 414 g/mol. The molecular formula is C26H21N5S. The smallest absolute Gasteiger partial charge is 0.203 e. The van der Waals surface area contributed by atoms with Gasteiger partial charge in [0.05, 0.1) is 17.6 Å². The molecule has 156 valence electrons. The Labute approximate surface area is 190 Å².